The fourth-order valence-corrected chi connectivity index (χ4v) is 0.716. The maximum Gasteiger partial charge on any atom is 0.115 e. The summed E-state index contributed by atoms with van der Waals surface area (Å²) < 4.78 is 4.64. The topological polar surface area (TPSA) is 29.5 Å². The lowest BCUT2D eigenvalue weighted by Gasteiger charge is -1.98. The zero-order chi connectivity index (χ0) is 9.23. The summed E-state index contributed by atoms with van der Waals surface area (Å²) in [5.74, 6) is 5.38. The van der Waals surface area contributed by atoms with Crippen molar-refractivity contribution in [2.75, 3.05) is 7.11 Å². The summed E-state index contributed by atoms with van der Waals surface area (Å²) in [6.45, 7) is 2.09. The van der Waals surface area contributed by atoms with Gasteiger partial charge in [-0.1, -0.05) is 31.6 Å². The van der Waals surface area contributed by atoms with Gasteiger partial charge in [0.2, 0.25) is 0 Å². The van der Waals surface area contributed by atoms with Gasteiger partial charge in [0.25, 0.3) is 0 Å². The van der Waals surface area contributed by atoms with Gasteiger partial charge in [-0.25, -0.2) is 0 Å². The maximum atomic E-state index is 9.23. The predicted octanol–water partition coefficient (Wildman–Crippen LogP) is 1.70. The molecule has 68 valence electrons. The Balaban J connectivity index is 3.56. The quantitative estimate of drug-likeness (QED) is 0.511. The Bertz CT molecular complexity index is 174. The van der Waals surface area contributed by atoms with Crippen molar-refractivity contribution >= 4 is 0 Å². The van der Waals surface area contributed by atoms with E-state index in [2.05, 4.69) is 23.5 Å². The summed E-state index contributed by atoms with van der Waals surface area (Å²) in [7, 11) is 1.56. The normalized spacial score (nSPS) is 12.2. The Hall–Kier alpha value is -0.940. The molecule has 0 saturated carbocycles. The fourth-order valence-electron chi connectivity index (χ4n) is 0.716. The number of unbranched alkanes of at least 4 members (excludes halogenated alkanes) is 1. The standard InChI is InChI=1S/C10H16O2/c1-3-4-7-10(11)8-5-6-9-12-2/h6,9-11H,3-4,7H2,1-2H3/b9-6-. The van der Waals surface area contributed by atoms with Crippen molar-refractivity contribution in [1.82, 2.24) is 0 Å². The highest BCUT2D eigenvalue weighted by Gasteiger charge is 1.95. The van der Waals surface area contributed by atoms with Gasteiger partial charge in [0.15, 0.2) is 0 Å². The van der Waals surface area contributed by atoms with E-state index in [4.69, 9.17) is 0 Å². The summed E-state index contributed by atoms with van der Waals surface area (Å²) in [4.78, 5) is 0. The molecule has 2 heteroatoms. The highest BCUT2D eigenvalue weighted by molar-refractivity contribution is 5.16. The van der Waals surface area contributed by atoms with Gasteiger partial charge in [0, 0.05) is 6.08 Å². The van der Waals surface area contributed by atoms with E-state index in [-0.39, 0.29) is 0 Å². The first kappa shape index (κ1) is 11.1. The van der Waals surface area contributed by atoms with Crippen molar-refractivity contribution in [3.05, 3.63) is 12.3 Å². The smallest absolute Gasteiger partial charge is 0.115 e. The molecule has 1 unspecified atom stereocenters. The van der Waals surface area contributed by atoms with Crippen molar-refractivity contribution in [2.24, 2.45) is 0 Å². The van der Waals surface area contributed by atoms with Gasteiger partial charge in [-0.3, -0.25) is 0 Å². The third-order valence-electron chi connectivity index (χ3n) is 1.37. The van der Waals surface area contributed by atoms with Crippen molar-refractivity contribution in [2.45, 2.75) is 32.3 Å². The largest absolute Gasteiger partial charge is 0.504 e. The predicted molar refractivity (Wildman–Crippen MR) is 49.5 cm³/mol. The second-order valence-electron chi connectivity index (χ2n) is 2.49. The van der Waals surface area contributed by atoms with E-state index in [1.807, 2.05) is 0 Å². The molecule has 0 spiro atoms. The molecular formula is C10H16O2. The van der Waals surface area contributed by atoms with Gasteiger partial charge >= 0.3 is 0 Å². The number of hydrogen-bond acceptors (Lipinski definition) is 2. The molecule has 0 aliphatic rings. The third kappa shape index (κ3) is 7.17. The molecule has 0 heterocycles. The highest BCUT2D eigenvalue weighted by Crippen LogP contribution is 1.98. The van der Waals surface area contributed by atoms with Crippen LogP contribution in [0.1, 0.15) is 26.2 Å². The Labute approximate surface area is 74.2 Å². The Morgan fingerprint density at radius 2 is 2.33 bits per heavy atom. The second-order valence-corrected chi connectivity index (χ2v) is 2.49. The number of hydrogen-bond donors (Lipinski definition) is 1. The zero-order valence-electron chi connectivity index (χ0n) is 7.71. The van der Waals surface area contributed by atoms with Crippen molar-refractivity contribution < 1.29 is 9.84 Å². The van der Waals surface area contributed by atoms with Crippen LogP contribution in [0.5, 0.6) is 0 Å². The van der Waals surface area contributed by atoms with E-state index in [0.29, 0.717) is 0 Å². The van der Waals surface area contributed by atoms with Crippen LogP contribution in [-0.4, -0.2) is 18.3 Å². The van der Waals surface area contributed by atoms with Crippen LogP contribution in [0.4, 0.5) is 0 Å². The van der Waals surface area contributed by atoms with E-state index < -0.39 is 6.10 Å². The number of aliphatic hydroxyl groups excluding tert-OH is 1. The second kappa shape index (κ2) is 8.16. The molecule has 1 N–H and O–H groups in total. The molecule has 12 heavy (non-hydrogen) atoms. The Kier molecular flexibility index (Phi) is 7.52. The molecule has 0 aromatic rings. The average molecular weight is 168 g/mol. The van der Waals surface area contributed by atoms with Crippen LogP contribution in [-0.2, 0) is 4.74 Å². The first-order valence-electron chi connectivity index (χ1n) is 4.18. The SMILES string of the molecule is CCCCC(O)C#C/C=C\OC. The molecule has 0 aromatic heterocycles. The van der Waals surface area contributed by atoms with E-state index in [1.54, 1.807) is 13.2 Å². The lowest BCUT2D eigenvalue weighted by molar-refractivity contribution is 0.218. The van der Waals surface area contributed by atoms with Crippen LogP contribution in [0, 0.1) is 11.8 Å². The first-order valence-corrected chi connectivity index (χ1v) is 4.18. The van der Waals surface area contributed by atoms with Gasteiger partial charge in [-0.05, 0) is 6.42 Å². The van der Waals surface area contributed by atoms with Gasteiger partial charge in [-0.2, -0.15) is 0 Å². The summed E-state index contributed by atoms with van der Waals surface area (Å²) in [6, 6.07) is 0. The zero-order valence-corrected chi connectivity index (χ0v) is 7.71. The number of methoxy groups -OCH3 is 1. The van der Waals surface area contributed by atoms with Gasteiger partial charge < -0.3 is 9.84 Å². The maximum absolute atomic E-state index is 9.23. The van der Waals surface area contributed by atoms with Crippen LogP contribution in [0.2, 0.25) is 0 Å². The minimum absolute atomic E-state index is 0.494. The summed E-state index contributed by atoms with van der Waals surface area (Å²) >= 11 is 0. The molecule has 0 radical (unpaired) electrons. The minimum atomic E-state index is -0.494. The molecule has 0 fully saturated rings. The van der Waals surface area contributed by atoms with Gasteiger partial charge in [0.1, 0.15) is 6.10 Å². The lowest BCUT2D eigenvalue weighted by Crippen LogP contribution is -2.01. The number of allylic oxidation sites excluding steroid dienone is 1. The molecule has 0 bridgehead atoms. The Morgan fingerprint density at radius 3 is 2.92 bits per heavy atom. The van der Waals surface area contributed by atoms with Crippen LogP contribution >= 0.6 is 0 Å². The summed E-state index contributed by atoms with van der Waals surface area (Å²) in [5, 5.41) is 9.23. The number of aliphatic hydroxyl groups is 1. The minimum Gasteiger partial charge on any atom is -0.504 e. The first-order chi connectivity index (χ1) is 5.81. The van der Waals surface area contributed by atoms with Crippen molar-refractivity contribution in [3.8, 4) is 11.8 Å². The average Bonchev–Trinajstić information content (AvgIpc) is 2.09. The Morgan fingerprint density at radius 1 is 1.58 bits per heavy atom. The number of ether oxygens (including phenoxy) is 1. The van der Waals surface area contributed by atoms with Gasteiger partial charge in [0.05, 0.1) is 13.4 Å². The van der Waals surface area contributed by atoms with Crippen LogP contribution in [0.3, 0.4) is 0 Å². The van der Waals surface area contributed by atoms with E-state index in [0.717, 1.165) is 19.3 Å². The molecule has 1 atom stereocenters. The van der Waals surface area contributed by atoms with E-state index in [9.17, 15) is 5.11 Å². The molecule has 0 rings (SSSR count). The van der Waals surface area contributed by atoms with Crippen LogP contribution in [0.15, 0.2) is 12.3 Å². The van der Waals surface area contributed by atoms with Crippen LogP contribution in [0.25, 0.3) is 0 Å². The molecule has 0 aliphatic heterocycles. The van der Waals surface area contributed by atoms with Crippen molar-refractivity contribution in [1.29, 1.82) is 0 Å². The molecule has 0 aromatic carbocycles. The molecule has 0 aliphatic carbocycles. The fraction of sp³-hybridized carbons (Fsp3) is 0.600. The monoisotopic (exact) mass is 168 g/mol. The molecule has 0 amide bonds. The molecule has 2 nitrogen and oxygen atoms in total. The summed E-state index contributed by atoms with van der Waals surface area (Å²) in [5.41, 5.74) is 0. The molecule has 0 saturated heterocycles. The van der Waals surface area contributed by atoms with E-state index in [1.165, 1.54) is 6.26 Å². The summed E-state index contributed by atoms with van der Waals surface area (Å²) in [6.07, 6.45) is 5.43. The molecular weight excluding hydrogens is 152 g/mol. The lowest BCUT2D eigenvalue weighted by atomic mass is 10.2. The third-order valence-corrected chi connectivity index (χ3v) is 1.37. The van der Waals surface area contributed by atoms with Gasteiger partial charge in [-0.15, -0.1) is 0 Å². The van der Waals surface area contributed by atoms with Crippen molar-refractivity contribution in [3.63, 3.8) is 0 Å². The van der Waals surface area contributed by atoms with E-state index >= 15 is 0 Å². The highest BCUT2D eigenvalue weighted by atomic mass is 16.5. The van der Waals surface area contributed by atoms with Crippen LogP contribution < -0.4 is 0 Å². The number of rotatable bonds is 4.